The van der Waals surface area contributed by atoms with Crippen LogP contribution >= 0.6 is 11.8 Å². The van der Waals surface area contributed by atoms with Gasteiger partial charge in [0.15, 0.2) is 5.16 Å². The SMILES string of the molecule is C[C@@H](NC(=O)CSc1nnc(CC(=O)Nc2ccccc2)n1C)c1ccccc1. The Balaban J connectivity index is 1.50. The zero-order valence-electron chi connectivity index (χ0n) is 16.3. The number of anilines is 1. The topological polar surface area (TPSA) is 88.9 Å². The quantitative estimate of drug-likeness (QED) is 0.559. The van der Waals surface area contributed by atoms with Crippen LogP contribution in [0.4, 0.5) is 5.69 Å². The standard InChI is InChI=1S/C21H23N5O2S/c1-15(16-9-5-3-6-10-16)22-20(28)14-29-21-25-24-18(26(21)2)13-19(27)23-17-11-7-4-8-12-17/h3-12,15H,13-14H2,1-2H3,(H,22,28)(H,23,27)/t15-/m1/s1. The Morgan fingerprint density at radius 2 is 1.66 bits per heavy atom. The first-order valence-corrected chi connectivity index (χ1v) is 10.2. The van der Waals surface area contributed by atoms with E-state index in [1.165, 1.54) is 11.8 Å². The van der Waals surface area contributed by atoms with E-state index in [-0.39, 0.29) is 30.0 Å². The van der Waals surface area contributed by atoms with Crippen LogP contribution in [0.25, 0.3) is 0 Å². The Morgan fingerprint density at radius 3 is 2.34 bits per heavy atom. The Labute approximate surface area is 173 Å². The van der Waals surface area contributed by atoms with Gasteiger partial charge in [-0.3, -0.25) is 9.59 Å². The van der Waals surface area contributed by atoms with Crippen LogP contribution in [0.2, 0.25) is 0 Å². The van der Waals surface area contributed by atoms with E-state index in [1.54, 1.807) is 11.6 Å². The molecule has 7 nitrogen and oxygen atoms in total. The number of aromatic nitrogens is 3. The summed E-state index contributed by atoms with van der Waals surface area (Å²) in [4.78, 5) is 24.4. The Morgan fingerprint density at radius 1 is 1.00 bits per heavy atom. The summed E-state index contributed by atoms with van der Waals surface area (Å²) in [5.74, 6) is 0.508. The third-order valence-corrected chi connectivity index (χ3v) is 5.33. The van der Waals surface area contributed by atoms with Crippen LogP contribution in [0.3, 0.4) is 0 Å². The van der Waals surface area contributed by atoms with Gasteiger partial charge in [0.05, 0.1) is 18.2 Å². The van der Waals surface area contributed by atoms with Crippen LogP contribution in [-0.4, -0.2) is 32.3 Å². The van der Waals surface area contributed by atoms with Gasteiger partial charge in [0.2, 0.25) is 11.8 Å². The lowest BCUT2D eigenvalue weighted by atomic mass is 10.1. The first kappa shape index (κ1) is 20.6. The first-order chi connectivity index (χ1) is 14.0. The molecule has 0 saturated carbocycles. The van der Waals surface area contributed by atoms with Gasteiger partial charge in [0.25, 0.3) is 0 Å². The maximum Gasteiger partial charge on any atom is 0.232 e. The molecule has 8 heteroatoms. The number of amides is 2. The third-order valence-electron chi connectivity index (χ3n) is 4.31. The highest BCUT2D eigenvalue weighted by Gasteiger charge is 2.15. The second kappa shape index (κ2) is 9.88. The molecule has 2 amide bonds. The van der Waals surface area contributed by atoms with Crippen molar-refractivity contribution >= 4 is 29.3 Å². The van der Waals surface area contributed by atoms with Crippen molar-refractivity contribution in [2.75, 3.05) is 11.1 Å². The van der Waals surface area contributed by atoms with E-state index in [0.717, 1.165) is 11.3 Å². The number of carbonyl (C=O) groups is 2. The zero-order chi connectivity index (χ0) is 20.6. The van der Waals surface area contributed by atoms with E-state index in [4.69, 9.17) is 0 Å². The van der Waals surface area contributed by atoms with Crippen molar-refractivity contribution in [3.63, 3.8) is 0 Å². The minimum atomic E-state index is -0.169. The fraction of sp³-hybridized carbons (Fsp3) is 0.238. The number of nitrogens with one attached hydrogen (secondary N) is 2. The van der Waals surface area contributed by atoms with Gasteiger partial charge in [-0.25, -0.2) is 0 Å². The second-order valence-electron chi connectivity index (χ2n) is 6.54. The fourth-order valence-electron chi connectivity index (χ4n) is 2.73. The largest absolute Gasteiger partial charge is 0.349 e. The highest BCUT2D eigenvalue weighted by molar-refractivity contribution is 7.99. The molecular weight excluding hydrogens is 386 g/mol. The molecule has 3 aromatic rings. The molecule has 0 bridgehead atoms. The molecule has 0 spiro atoms. The van der Waals surface area contributed by atoms with E-state index in [9.17, 15) is 9.59 Å². The summed E-state index contributed by atoms with van der Waals surface area (Å²) >= 11 is 1.29. The Hall–Kier alpha value is -3.13. The number of nitrogens with zero attached hydrogens (tertiary/aromatic N) is 3. The summed E-state index contributed by atoms with van der Waals surface area (Å²) in [6.07, 6.45) is 0.107. The molecule has 2 aromatic carbocycles. The van der Waals surface area contributed by atoms with Crippen molar-refractivity contribution in [1.29, 1.82) is 0 Å². The van der Waals surface area contributed by atoms with Crippen LogP contribution in [0.15, 0.2) is 65.8 Å². The average Bonchev–Trinajstić information content (AvgIpc) is 3.07. The summed E-state index contributed by atoms with van der Waals surface area (Å²) < 4.78 is 1.74. The number of hydrogen-bond donors (Lipinski definition) is 2. The normalized spacial score (nSPS) is 11.7. The smallest absolute Gasteiger partial charge is 0.232 e. The molecule has 150 valence electrons. The predicted octanol–water partition coefficient (Wildman–Crippen LogP) is 2.97. The number of hydrogen-bond acceptors (Lipinski definition) is 5. The summed E-state index contributed by atoms with van der Waals surface area (Å²) in [5, 5.41) is 14.6. The average molecular weight is 410 g/mol. The van der Waals surface area contributed by atoms with Crippen LogP contribution < -0.4 is 10.6 Å². The number of thioether (sulfide) groups is 1. The molecule has 0 radical (unpaired) electrons. The van der Waals surface area contributed by atoms with Crippen molar-refractivity contribution < 1.29 is 9.59 Å². The Kier molecular flexibility index (Phi) is 7.02. The highest BCUT2D eigenvalue weighted by atomic mass is 32.2. The van der Waals surface area contributed by atoms with Crippen LogP contribution in [-0.2, 0) is 23.1 Å². The molecule has 0 fully saturated rings. The second-order valence-corrected chi connectivity index (χ2v) is 7.48. The van der Waals surface area contributed by atoms with Gasteiger partial charge in [0, 0.05) is 12.7 Å². The van der Waals surface area contributed by atoms with E-state index in [0.29, 0.717) is 11.0 Å². The van der Waals surface area contributed by atoms with Gasteiger partial charge < -0.3 is 15.2 Å². The number of rotatable bonds is 8. The van der Waals surface area contributed by atoms with Gasteiger partial charge in [-0.05, 0) is 24.6 Å². The summed E-state index contributed by atoms with van der Waals surface area (Å²) in [5.41, 5.74) is 1.79. The highest BCUT2D eigenvalue weighted by Crippen LogP contribution is 2.17. The molecule has 0 saturated heterocycles. The van der Waals surface area contributed by atoms with Crippen molar-refractivity contribution in [3.05, 3.63) is 72.1 Å². The minimum absolute atomic E-state index is 0.0685. The molecule has 1 heterocycles. The van der Waals surface area contributed by atoms with Gasteiger partial charge >= 0.3 is 0 Å². The molecule has 3 rings (SSSR count). The molecule has 2 N–H and O–H groups in total. The fourth-order valence-corrected chi connectivity index (χ4v) is 3.47. The van der Waals surface area contributed by atoms with Crippen LogP contribution in [0.5, 0.6) is 0 Å². The van der Waals surface area contributed by atoms with Crippen molar-refractivity contribution in [2.45, 2.75) is 24.5 Å². The monoisotopic (exact) mass is 409 g/mol. The van der Waals surface area contributed by atoms with Crippen molar-refractivity contribution in [3.8, 4) is 0 Å². The summed E-state index contributed by atoms with van der Waals surface area (Å²) in [6.45, 7) is 1.95. The van der Waals surface area contributed by atoms with Gasteiger partial charge in [-0.1, -0.05) is 60.3 Å². The van der Waals surface area contributed by atoms with Crippen molar-refractivity contribution in [1.82, 2.24) is 20.1 Å². The Bertz CT molecular complexity index is 960. The molecule has 0 aliphatic rings. The lowest BCUT2D eigenvalue weighted by Crippen LogP contribution is -2.28. The van der Waals surface area contributed by atoms with E-state index < -0.39 is 0 Å². The third kappa shape index (κ3) is 5.92. The number of carbonyl (C=O) groups excluding carboxylic acids is 2. The lowest BCUT2D eigenvalue weighted by Gasteiger charge is -2.14. The van der Waals surface area contributed by atoms with Gasteiger partial charge in [0.1, 0.15) is 5.82 Å². The van der Waals surface area contributed by atoms with Crippen LogP contribution in [0, 0.1) is 0 Å². The maximum atomic E-state index is 12.2. The minimum Gasteiger partial charge on any atom is -0.349 e. The summed E-state index contributed by atoms with van der Waals surface area (Å²) in [6, 6.07) is 19.0. The number of para-hydroxylation sites is 1. The molecular formula is C21H23N5O2S. The number of benzene rings is 2. The first-order valence-electron chi connectivity index (χ1n) is 9.23. The van der Waals surface area contributed by atoms with Crippen LogP contribution in [0.1, 0.15) is 24.4 Å². The predicted molar refractivity (Wildman–Crippen MR) is 114 cm³/mol. The molecule has 1 aromatic heterocycles. The zero-order valence-corrected chi connectivity index (χ0v) is 17.1. The molecule has 29 heavy (non-hydrogen) atoms. The molecule has 0 aliphatic heterocycles. The van der Waals surface area contributed by atoms with Gasteiger partial charge in [-0.2, -0.15) is 0 Å². The molecule has 0 aliphatic carbocycles. The van der Waals surface area contributed by atoms with E-state index in [2.05, 4.69) is 20.8 Å². The lowest BCUT2D eigenvalue weighted by molar-refractivity contribution is -0.119. The van der Waals surface area contributed by atoms with E-state index in [1.807, 2.05) is 67.6 Å². The summed E-state index contributed by atoms with van der Waals surface area (Å²) in [7, 11) is 1.79. The van der Waals surface area contributed by atoms with Gasteiger partial charge in [-0.15, -0.1) is 10.2 Å². The van der Waals surface area contributed by atoms with E-state index >= 15 is 0 Å². The maximum absolute atomic E-state index is 12.2. The molecule has 1 atom stereocenters. The van der Waals surface area contributed by atoms with Crippen molar-refractivity contribution in [2.24, 2.45) is 7.05 Å². The molecule has 0 unspecified atom stereocenters.